The van der Waals surface area contributed by atoms with Crippen LogP contribution in [0.3, 0.4) is 0 Å². The first kappa shape index (κ1) is 30.4. The molecule has 0 spiro atoms. The number of carbonyl (C=O) groups is 2. The lowest BCUT2D eigenvalue weighted by Crippen LogP contribution is -2.66. The molecule has 0 aromatic heterocycles. The molecule has 9 atom stereocenters. The zero-order valence-electron chi connectivity index (χ0n) is 27.4. The number of nitrogens with one attached hydrogen (secondary N) is 1. The predicted molar refractivity (Wildman–Crippen MR) is 174 cm³/mol. The van der Waals surface area contributed by atoms with Crippen molar-refractivity contribution in [3.05, 3.63) is 66.4 Å². The van der Waals surface area contributed by atoms with E-state index >= 15 is 0 Å². The average Bonchev–Trinajstić information content (AvgIpc) is 3.35. The Bertz CT molecular complexity index is 1390. The molecule has 232 valence electrons. The van der Waals surface area contributed by atoms with E-state index < -0.39 is 5.97 Å². The van der Waals surface area contributed by atoms with E-state index in [-0.39, 0.29) is 33.0 Å². The third-order valence-corrected chi connectivity index (χ3v) is 14.8. The number of rotatable bonds is 5. The number of fused-ring (bicyclic) bond motifs is 7. The summed E-state index contributed by atoms with van der Waals surface area (Å²) in [7, 11) is 0. The van der Waals surface area contributed by atoms with Gasteiger partial charge in [0.25, 0.3) is 0 Å². The molecule has 3 unspecified atom stereocenters. The van der Waals surface area contributed by atoms with E-state index in [9.17, 15) is 14.7 Å². The number of hydrogen-bond acceptors (Lipinski definition) is 2. The number of hydrogen-bond donors (Lipinski definition) is 2. The Morgan fingerprint density at radius 2 is 1.60 bits per heavy atom. The van der Waals surface area contributed by atoms with E-state index in [0.717, 1.165) is 37.7 Å². The topological polar surface area (TPSA) is 66.4 Å². The van der Waals surface area contributed by atoms with Crippen LogP contribution in [0.1, 0.15) is 115 Å². The monoisotopic (exact) mass is 583 g/mol. The number of benzene rings is 1. The number of amides is 1. The van der Waals surface area contributed by atoms with Gasteiger partial charge in [-0.3, -0.25) is 4.79 Å². The van der Waals surface area contributed by atoms with Crippen LogP contribution in [-0.2, 0) is 4.79 Å². The minimum Gasteiger partial charge on any atom is -0.478 e. The van der Waals surface area contributed by atoms with Crippen molar-refractivity contribution < 1.29 is 14.7 Å². The Labute approximate surface area is 259 Å². The number of aromatic carboxylic acids is 1. The first-order valence-corrected chi connectivity index (χ1v) is 16.8. The zero-order valence-corrected chi connectivity index (χ0v) is 27.4. The van der Waals surface area contributed by atoms with Gasteiger partial charge in [-0.05, 0) is 145 Å². The Morgan fingerprint density at radius 3 is 2.23 bits per heavy atom. The lowest BCUT2D eigenvalue weighted by Gasteiger charge is -2.72. The standard InChI is InChI=1S/C39H53NO3/c1-9-40-34(43)39-21-16-27(24(2)3)32(39)29-14-15-31-36(6)19-17-28(25-10-12-26(13-11-25)33(41)42)35(4,5)30(36)18-20-38(31,8)37(29,7)22-23-39/h9-13,17,27,29-32H,1-2,14-16,18-23H2,3-8H3,(H,40,43)(H,41,42)/t27-,29+,30?,31?,32?,36-,37+,38+,39-/m0/s1. The molecule has 43 heavy (non-hydrogen) atoms. The van der Waals surface area contributed by atoms with Crippen molar-refractivity contribution in [3.63, 3.8) is 0 Å². The number of carboxylic acids is 1. The minimum atomic E-state index is -0.875. The normalized spacial score (nSPS) is 42.7. The minimum absolute atomic E-state index is 0.00216. The second kappa shape index (κ2) is 9.94. The molecule has 0 bridgehead atoms. The summed E-state index contributed by atoms with van der Waals surface area (Å²) in [5.41, 5.74) is 4.44. The highest BCUT2D eigenvalue weighted by atomic mass is 16.4. The summed E-state index contributed by atoms with van der Waals surface area (Å²) in [6.45, 7) is 23.2. The van der Waals surface area contributed by atoms with Crippen LogP contribution >= 0.6 is 0 Å². The molecular formula is C39H53NO3. The van der Waals surface area contributed by atoms with Crippen molar-refractivity contribution in [2.75, 3.05) is 0 Å². The molecule has 5 aliphatic carbocycles. The Kier molecular flexibility index (Phi) is 7.03. The maximum absolute atomic E-state index is 13.8. The van der Waals surface area contributed by atoms with Crippen molar-refractivity contribution >= 4 is 17.4 Å². The van der Waals surface area contributed by atoms with Crippen LogP contribution in [0.15, 0.2) is 55.3 Å². The van der Waals surface area contributed by atoms with Gasteiger partial charge in [0.15, 0.2) is 0 Å². The molecular weight excluding hydrogens is 530 g/mol. The number of carbonyl (C=O) groups excluding carboxylic acids is 1. The second-order valence-electron chi connectivity index (χ2n) is 16.4. The maximum Gasteiger partial charge on any atom is 0.335 e. The van der Waals surface area contributed by atoms with Gasteiger partial charge in [-0.25, -0.2) is 4.79 Å². The molecule has 0 radical (unpaired) electrons. The van der Waals surface area contributed by atoms with E-state index in [2.05, 4.69) is 66.1 Å². The summed E-state index contributed by atoms with van der Waals surface area (Å²) in [6.07, 6.45) is 14.2. The Hall–Kier alpha value is -2.62. The summed E-state index contributed by atoms with van der Waals surface area (Å²) in [5.74, 6) is 1.81. The van der Waals surface area contributed by atoms with Crippen LogP contribution in [0.25, 0.3) is 5.57 Å². The first-order valence-electron chi connectivity index (χ1n) is 16.8. The van der Waals surface area contributed by atoms with Crippen LogP contribution in [0, 0.1) is 56.7 Å². The molecule has 1 amide bonds. The third kappa shape index (κ3) is 3.99. The molecule has 4 heteroatoms. The van der Waals surface area contributed by atoms with Crippen molar-refractivity contribution in [1.29, 1.82) is 0 Å². The molecule has 2 N–H and O–H groups in total. The fraction of sp³-hybridized carbons (Fsp3) is 0.641. The smallest absolute Gasteiger partial charge is 0.335 e. The van der Waals surface area contributed by atoms with Crippen LogP contribution in [0.4, 0.5) is 0 Å². The Balaban J connectivity index is 1.37. The van der Waals surface area contributed by atoms with Gasteiger partial charge in [0.05, 0.1) is 11.0 Å². The lowest BCUT2D eigenvalue weighted by molar-refractivity contribution is -0.224. The van der Waals surface area contributed by atoms with Gasteiger partial charge in [-0.2, -0.15) is 0 Å². The van der Waals surface area contributed by atoms with Crippen LogP contribution < -0.4 is 5.32 Å². The van der Waals surface area contributed by atoms with Crippen molar-refractivity contribution in [1.82, 2.24) is 5.32 Å². The fourth-order valence-electron chi connectivity index (χ4n) is 12.7. The van der Waals surface area contributed by atoms with Gasteiger partial charge in [0, 0.05) is 0 Å². The highest BCUT2D eigenvalue weighted by Crippen LogP contribution is 2.77. The lowest BCUT2D eigenvalue weighted by atomic mass is 9.32. The predicted octanol–water partition coefficient (Wildman–Crippen LogP) is 9.30. The van der Waals surface area contributed by atoms with E-state index in [4.69, 9.17) is 0 Å². The van der Waals surface area contributed by atoms with Gasteiger partial charge in [-0.1, -0.05) is 71.6 Å². The van der Waals surface area contributed by atoms with Crippen LogP contribution in [0.5, 0.6) is 0 Å². The van der Waals surface area contributed by atoms with Crippen LogP contribution in [-0.4, -0.2) is 17.0 Å². The van der Waals surface area contributed by atoms with Gasteiger partial charge < -0.3 is 10.4 Å². The molecule has 0 aliphatic heterocycles. The van der Waals surface area contributed by atoms with Gasteiger partial charge in [-0.15, -0.1) is 0 Å². The van der Waals surface area contributed by atoms with E-state index in [1.807, 2.05) is 12.1 Å². The van der Waals surface area contributed by atoms with E-state index in [0.29, 0.717) is 35.2 Å². The van der Waals surface area contributed by atoms with Crippen molar-refractivity contribution in [2.24, 2.45) is 56.7 Å². The molecule has 5 aliphatic rings. The van der Waals surface area contributed by atoms with Gasteiger partial charge in [0.1, 0.15) is 0 Å². The molecule has 4 saturated carbocycles. The largest absolute Gasteiger partial charge is 0.478 e. The zero-order chi connectivity index (χ0) is 31.2. The molecule has 1 aromatic rings. The molecule has 1 aromatic carbocycles. The summed E-state index contributed by atoms with van der Waals surface area (Å²) in [4.78, 5) is 25.3. The van der Waals surface area contributed by atoms with E-state index in [1.165, 1.54) is 36.8 Å². The second-order valence-corrected chi connectivity index (χ2v) is 16.4. The van der Waals surface area contributed by atoms with Gasteiger partial charge in [0.2, 0.25) is 5.91 Å². The summed E-state index contributed by atoms with van der Waals surface area (Å²) in [5, 5.41) is 12.5. The molecule has 4 fully saturated rings. The molecule has 4 nitrogen and oxygen atoms in total. The number of allylic oxidation sites excluding steroid dienone is 3. The van der Waals surface area contributed by atoms with Gasteiger partial charge >= 0.3 is 5.97 Å². The summed E-state index contributed by atoms with van der Waals surface area (Å²) >= 11 is 0. The quantitative estimate of drug-likeness (QED) is 0.340. The summed E-state index contributed by atoms with van der Waals surface area (Å²) < 4.78 is 0. The first-order chi connectivity index (χ1) is 20.2. The number of carboxylic acid groups (broad SMARTS) is 1. The average molecular weight is 584 g/mol. The van der Waals surface area contributed by atoms with E-state index in [1.54, 1.807) is 18.3 Å². The SMILES string of the molecule is C=CNC(=O)[C@]12CC[C@@H](C(=C)C)C1[C@H]1CCC3[C@@]4(C)CC=C(c5ccc(C(=O)O)cc5)C(C)(C)C4CC[C@@]3(C)[C@]1(C)CC2. The fourth-order valence-corrected chi connectivity index (χ4v) is 12.7. The third-order valence-electron chi connectivity index (χ3n) is 14.8. The molecule has 6 rings (SSSR count). The molecule has 0 saturated heterocycles. The maximum atomic E-state index is 13.8. The molecule has 0 heterocycles. The highest BCUT2D eigenvalue weighted by molar-refractivity contribution is 5.88. The van der Waals surface area contributed by atoms with Crippen molar-refractivity contribution in [2.45, 2.75) is 99.3 Å². The van der Waals surface area contributed by atoms with Crippen LogP contribution in [0.2, 0.25) is 0 Å². The van der Waals surface area contributed by atoms with Crippen molar-refractivity contribution in [3.8, 4) is 0 Å². The highest BCUT2D eigenvalue weighted by Gasteiger charge is 2.71. The summed E-state index contributed by atoms with van der Waals surface area (Å²) in [6, 6.07) is 7.52. The Morgan fingerprint density at radius 1 is 0.907 bits per heavy atom.